The summed E-state index contributed by atoms with van der Waals surface area (Å²) in [7, 11) is 1.66. The SMILES string of the molecule is CO[C@]1(c2ccc3nccc(N[C@H](C)c4cccc(C(F)F)c4F)c3c2)CCN(C(=O)N2CCC2)C1. The zero-order valence-electron chi connectivity index (χ0n) is 20.3. The normalized spacial score (nSPS) is 20.6. The molecule has 5 rings (SSSR count). The Morgan fingerprint density at radius 2 is 1.89 bits per heavy atom. The molecule has 6 nitrogen and oxygen atoms in total. The van der Waals surface area contributed by atoms with Gasteiger partial charge in [0.05, 0.1) is 23.7 Å². The third-order valence-corrected chi connectivity index (χ3v) is 7.42. The second-order valence-electron chi connectivity index (χ2n) is 9.50. The van der Waals surface area contributed by atoms with Crippen molar-refractivity contribution in [3.8, 4) is 0 Å². The highest BCUT2D eigenvalue weighted by Gasteiger charge is 2.43. The summed E-state index contributed by atoms with van der Waals surface area (Å²) in [5, 5.41) is 4.08. The van der Waals surface area contributed by atoms with Gasteiger partial charge in [0.15, 0.2) is 0 Å². The lowest BCUT2D eigenvalue weighted by atomic mass is 9.91. The molecule has 190 valence electrons. The number of nitrogens with zero attached hydrogens (tertiary/aromatic N) is 3. The molecule has 2 aromatic carbocycles. The van der Waals surface area contributed by atoms with Crippen LogP contribution in [-0.4, -0.2) is 54.1 Å². The van der Waals surface area contributed by atoms with Crippen LogP contribution in [0, 0.1) is 5.82 Å². The molecule has 2 fully saturated rings. The molecule has 3 heterocycles. The van der Waals surface area contributed by atoms with Crippen molar-refractivity contribution in [1.82, 2.24) is 14.8 Å². The number of hydrogen-bond donors (Lipinski definition) is 1. The number of alkyl halides is 2. The highest BCUT2D eigenvalue weighted by molar-refractivity contribution is 5.92. The standard InChI is InChI=1S/C27H29F3N4O2/c1-17(19-5-3-6-20(24(19)28)25(29)30)32-23-9-11-31-22-8-7-18(15-21(22)23)27(36-2)10-14-34(16-27)26(35)33-12-4-13-33/h3,5-9,11,15,17,25H,4,10,12-14,16H2,1-2H3,(H,31,32)/t17-,27-/m1/s1. The molecule has 2 aliphatic rings. The van der Waals surface area contributed by atoms with E-state index in [-0.39, 0.29) is 11.6 Å². The predicted octanol–water partition coefficient (Wildman–Crippen LogP) is 5.86. The summed E-state index contributed by atoms with van der Waals surface area (Å²) in [6.45, 7) is 4.39. The summed E-state index contributed by atoms with van der Waals surface area (Å²) < 4.78 is 47.2. The average Bonchev–Trinajstić information content (AvgIpc) is 3.29. The van der Waals surface area contributed by atoms with Gasteiger partial charge in [0.25, 0.3) is 6.43 Å². The first-order valence-corrected chi connectivity index (χ1v) is 12.1. The van der Waals surface area contributed by atoms with Crippen molar-refractivity contribution < 1.29 is 22.7 Å². The van der Waals surface area contributed by atoms with Gasteiger partial charge in [-0.25, -0.2) is 18.0 Å². The number of amides is 2. The number of rotatable bonds is 6. The lowest BCUT2D eigenvalue weighted by Gasteiger charge is -2.35. The number of likely N-dealkylation sites (tertiary alicyclic amines) is 2. The van der Waals surface area contributed by atoms with Gasteiger partial charge in [-0.1, -0.05) is 24.3 Å². The first-order valence-electron chi connectivity index (χ1n) is 12.1. The molecule has 2 atom stereocenters. The first kappa shape index (κ1) is 24.4. The second kappa shape index (κ2) is 9.61. The number of fused-ring (bicyclic) bond motifs is 1. The van der Waals surface area contributed by atoms with E-state index in [9.17, 15) is 18.0 Å². The van der Waals surface area contributed by atoms with Gasteiger partial charge in [-0.05, 0) is 37.1 Å². The van der Waals surface area contributed by atoms with Crippen LogP contribution >= 0.6 is 0 Å². The number of carbonyl (C=O) groups is 1. The number of hydrogen-bond acceptors (Lipinski definition) is 4. The van der Waals surface area contributed by atoms with E-state index in [1.807, 2.05) is 28.0 Å². The maximum atomic E-state index is 14.8. The van der Waals surface area contributed by atoms with Gasteiger partial charge in [0, 0.05) is 56.0 Å². The molecule has 0 spiro atoms. The monoisotopic (exact) mass is 498 g/mol. The smallest absolute Gasteiger partial charge is 0.320 e. The van der Waals surface area contributed by atoms with Gasteiger partial charge in [-0.2, -0.15) is 0 Å². The summed E-state index contributed by atoms with van der Waals surface area (Å²) >= 11 is 0. The van der Waals surface area contributed by atoms with E-state index in [0.29, 0.717) is 25.2 Å². The number of aromatic nitrogens is 1. The fourth-order valence-corrected chi connectivity index (χ4v) is 5.11. The minimum atomic E-state index is -2.88. The number of urea groups is 1. The second-order valence-corrected chi connectivity index (χ2v) is 9.50. The van der Waals surface area contributed by atoms with Crippen LogP contribution in [0.25, 0.3) is 10.9 Å². The molecule has 2 amide bonds. The molecule has 0 bridgehead atoms. The molecule has 0 aliphatic carbocycles. The van der Waals surface area contributed by atoms with Gasteiger partial charge >= 0.3 is 6.03 Å². The molecule has 2 aliphatic heterocycles. The molecule has 36 heavy (non-hydrogen) atoms. The van der Waals surface area contributed by atoms with E-state index < -0.39 is 29.4 Å². The molecule has 0 radical (unpaired) electrons. The zero-order chi connectivity index (χ0) is 25.4. The van der Waals surface area contributed by atoms with Crippen LogP contribution in [0.1, 0.15) is 48.9 Å². The van der Waals surface area contributed by atoms with Crippen molar-refractivity contribution in [3.05, 3.63) is 71.2 Å². The molecule has 9 heteroatoms. The third-order valence-electron chi connectivity index (χ3n) is 7.42. The van der Waals surface area contributed by atoms with Crippen molar-refractivity contribution in [3.63, 3.8) is 0 Å². The van der Waals surface area contributed by atoms with Crippen molar-refractivity contribution >= 4 is 22.6 Å². The largest absolute Gasteiger partial charge is 0.378 e. The van der Waals surface area contributed by atoms with Crippen molar-refractivity contribution in [2.24, 2.45) is 0 Å². The number of anilines is 1. The van der Waals surface area contributed by atoms with Gasteiger partial charge in [0.1, 0.15) is 11.4 Å². The Kier molecular flexibility index (Phi) is 6.51. The van der Waals surface area contributed by atoms with Crippen molar-refractivity contribution in [2.75, 3.05) is 38.6 Å². The van der Waals surface area contributed by atoms with E-state index in [1.165, 1.54) is 12.1 Å². The van der Waals surface area contributed by atoms with Crippen LogP contribution in [0.2, 0.25) is 0 Å². The number of nitrogens with one attached hydrogen (secondary N) is 1. The zero-order valence-corrected chi connectivity index (χ0v) is 20.3. The van der Waals surface area contributed by atoms with E-state index in [2.05, 4.69) is 10.3 Å². The Hall–Kier alpha value is -3.33. The number of benzene rings is 2. The maximum Gasteiger partial charge on any atom is 0.320 e. The van der Waals surface area contributed by atoms with Crippen LogP contribution in [-0.2, 0) is 10.3 Å². The summed E-state index contributed by atoms with van der Waals surface area (Å²) in [5.41, 5.74) is 1.27. The lowest BCUT2D eigenvalue weighted by Crippen LogP contribution is -2.49. The van der Waals surface area contributed by atoms with Crippen LogP contribution in [0.3, 0.4) is 0 Å². The summed E-state index contributed by atoms with van der Waals surface area (Å²) in [4.78, 5) is 20.9. The van der Waals surface area contributed by atoms with Gasteiger partial charge < -0.3 is 19.9 Å². The number of ether oxygens (including phenoxy) is 1. The molecule has 1 N–H and O–H groups in total. The average molecular weight is 499 g/mol. The number of carbonyl (C=O) groups excluding carboxylic acids is 1. The first-order chi connectivity index (χ1) is 17.3. The lowest BCUT2D eigenvalue weighted by molar-refractivity contribution is -0.00472. The minimum Gasteiger partial charge on any atom is -0.378 e. The molecule has 0 unspecified atom stereocenters. The Morgan fingerprint density at radius 1 is 1.11 bits per heavy atom. The highest BCUT2D eigenvalue weighted by Crippen LogP contribution is 2.39. The topological polar surface area (TPSA) is 57.7 Å². The quantitative estimate of drug-likeness (QED) is 0.463. The van der Waals surface area contributed by atoms with Crippen molar-refractivity contribution in [2.45, 2.75) is 37.8 Å². The van der Waals surface area contributed by atoms with Crippen LogP contribution in [0.5, 0.6) is 0 Å². The molecule has 0 saturated carbocycles. The van der Waals surface area contributed by atoms with Gasteiger partial charge in [0.2, 0.25) is 0 Å². The Balaban J connectivity index is 1.44. The minimum absolute atomic E-state index is 0.0480. The van der Waals surface area contributed by atoms with Gasteiger partial charge in [-0.15, -0.1) is 0 Å². The number of methoxy groups -OCH3 is 1. The number of pyridine rings is 1. The van der Waals surface area contributed by atoms with Crippen LogP contribution < -0.4 is 5.32 Å². The fraction of sp³-hybridized carbons (Fsp3) is 0.407. The molecule has 1 aromatic heterocycles. The Morgan fingerprint density at radius 3 is 2.58 bits per heavy atom. The summed E-state index contributed by atoms with van der Waals surface area (Å²) in [6.07, 6.45) is 0.472. The fourth-order valence-electron chi connectivity index (χ4n) is 5.11. The van der Waals surface area contributed by atoms with Crippen LogP contribution in [0.15, 0.2) is 48.7 Å². The Labute approximate surface area is 208 Å². The highest BCUT2D eigenvalue weighted by atomic mass is 19.3. The predicted molar refractivity (Wildman–Crippen MR) is 132 cm³/mol. The van der Waals surface area contributed by atoms with E-state index in [0.717, 1.165) is 42.0 Å². The maximum absolute atomic E-state index is 14.8. The third kappa shape index (κ3) is 4.25. The Bertz CT molecular complexity index is 1280. The van der Waals surface area contributed by atoms with E-state index in [4.69, 9.17) is 4.74 Å². The summed E-state index contributed by atoms with van der Waals surface area (Å²) in [5.74, 6) is -0.900. The van der Waals surface area contributed by atoms with Crippen molar-refractivity contribution in [1.29, 1.82) is 0 Å². The van der Waals surface area contributed by atoms with Gasteiger partial charge in [-0.3, -0.25) is 4.98 Å². The van der Waals surface area contributed by atoms with E-state index in [1.54, 1.807) is 26.3 Å². The molecular formula is C27H29F3N4O2. The van der Waals surface area contributed by atoms with E-state index >= 15 is 0 Å². The number of halogens is 3. The molecule has 3 aromatic rings. The molecule has 2 saturated heterocycles. The molecular weight excluding hydrogens is 469 g/mol. The summed E-state index contributed by atoms with van der Waals surface area (Å²) in [6, 6.07) is 11.2. The van der Waals surface area contributed by atoms with Crippen LogP contribution in [0.4, 0.5) is 23.7 Å².